The Morgan fingerprint density at radius 3 is 2.56 bits per heavy atom. The van der Waals surface area contributed by atoms with Crippen LogP contribution >= 0.6 is 22.9 Å². The van der Waals surface area contributed by atoms with Crippen molar-refractivity contribution >= 4 is 34.9 Å². The van der Waals surface area contributed by atoms with E-state index in [1.807, 2.05) is 25.7 Å². The Hall–Kier alpha value is -1.27. The summed E-state index contributed by atoms with van der Waals surface area (Å²) >= 11 is 7.21. The van der Waals surface area contributed by atoms with Gasteiger partial charge in [0.2, 0.25) is 0 Å². The molecule has 2 fully saturated rings. The summed E-state index contributed by atoms with van der Waals surface area (Å²) < 4.78 is 6.09. The zero-order valence-corrected chi connectivity index (χ0v) is 17.9. The number of likely N-dealkylation sites (tertiary alicyclic amines) is 1. The van der Waals surface area contributed by atoms with Crippen molar-refractivity contribution in [3.05, 3.63) is 21.3 Å². The highest BCUT2D eigenvalue weighted by Crippen LogP contribution is 2.37. The summed E-state index contributed by atoms with van der Waals surface area (Å²) in [7, 11) is 0. The van der Waals surface area contributed by atoms with Crippen molar-refractivity contribution in [3.8, 4) is 0 Å². The summed E-state index contributed by atoms with van der Waals surface area (Å²) in [5, 5.41) is 3.11. The molecular formula is C20H29ClN2O3S. The van der Waals surface area contributed by atoms with E-state index in [-0.39, 0.29) is 12.0 Å². The van der Waals surface area contributed by atoms with Crippen molar-refractivity contribution in [1.29, 1.82) is 0 Å². The molecule has 1 saturated heterocycles. The first-order valence-corrected chi connectivity index (χ1v) is 10.9. The van der Waals surface area contributed by atoms with E-state index >= 15 is 0 Å². The van der Waals surface area contributed by atoms with E-state index in [1.54, 1.807) is 12.1 Å². The monoisotopic (exact) mass is 412 g/mol. The molecule has 0 spiro atoms. The van der Waals surface area contributed by atoms with Gasteiger partial charge in [0, 0.05) is 19.1 Å². The molecule has 2 amide bonds. The minimum atomic E-state index is -0.437. The number of hydrogen-bond donors (Lipinski definition) is 1. The molecule has 150 valence electrons. The van der Waals surface area contributed by atoms with Crippen LogP contribution < -0.4 is 5.32 Å². The van der Waals surface area contributed by atoms with Gasteiger partial charge in [-0.1, -0.05) is 11.6 Å². The van der Waals surface area contributed by atoms with Crippen molar-refractivity contribution in [2.24, 2.45) is 11.8 Å². The molecule has 0 radical (unpaired) electrons. The Labute approximate surface area is 170 Å². The van der Waals surface area contributed by atoms with Crippen LogP contribution in [-0.2, 0) is 4.74 Å². The van der Waals surface area contributed by atoms with Crippen LogP contribution in [0.25, 0.3) is 0 Å². The van der Waals surface area contributed by atoms with Crippen molar-refractivity contribution in [1.82, 2.24) is 10.2 Å². The van der Waals surface area contributed by atoms with Crippen LogP contribution in [0.5, 0.6) is 0 Å². The molecule has 7 heteroatoms. The SMILES string of the molecule is CC(C)(C)OC(=O)N1CCC(CCC2CC2NC(=O)c2ccc(Cl)s2)CC1. The van der Waals surface area contributed by atoms with Crippen LogP contribution in [-0.4, -0.2) is 41.6 Å². The minimum Gasteiger partial charge on any atom is -0.444 e. The van der Waals surface area contributed by atoms with Crippen LogP contribution in [0.3, 0.4) is 0 Å². The Morgan fingerprint density at radius 1 is 1.26 bits per heavy atom. The topological polar surface area (TPSA) is 58.6 Å². The van der Waals surface area contributed by atoms with Crippen LogP contribution in [0, 0.1) is 11.8 Å². The number of piperidine rings is 1. The van der Waals surface area contributed by atoms with Gasteiger partial charge in [0.15, 0.2) is 0 Å². The van der Waals surface area contributed by atoms with Gasteiger partial charge in [0.05, 0.1) is 9.21 Å². The predicted octanol–water partition coefficient (Wildman–Crippen LogP) is 4.95. The van der Waals surface area contributed by atoms with Gasteiger partial charge in [-0.05, 0) is 76.8 Å². The van der Waals surface area contributed by atoms with E-state index in [0.717, 1.165) is 38.8 Å². The zero-order valence-electron chi connectivity index (χ0n) is 16.3. The molecule has 2 aliphatic rings. The fourth-order valence-electron chi connectivity index (χ4n) is 3.60. The first-order valence-electron chi connectivity index (χ1n) is 9.75. The molecule has 1 N–H and O–H groups in total. The van der Waals surface area contributed by atoms with Gasteiger partial charge >= 0.3 is 6.09 Å². The molecule has 0 bridgehead atoms. The molecule has 2 atom stereocenters. The number of rotatable bonds is 5. The summed E-state index contributed by atoms with van der Waals surface area (Å²) in [5.41, 5.74) is -0.437. The lowest BCUT2D eigenvalue weighted by atomic mass is 9.91. The number of thiophene rings is 1. The summed E-state index contributed by atoms with van der Waals surface area (Å²) in [5.74, 6) is 1.25. The van der Waals surface area contributed by atoms with Gasteiger partial charge in [0.25, 0.3) is 5.91 Å². The highest BCUT2D eigenvalue weighted by atomic mass is 35.5. The maximum absolute atomic E-state index is 12.2. The number of hydrogen-bond acceptors (Lipinski definition) is 4. The first-order chi connectivity index (χ1) is 12.7. The van der Waals surface area contributed by atoms with Crippen molar-refractivity contribution in [3.63, 3.8) is 0 Å². The largest absolute Gasteiger partial charge is 0.444 e. The number of nitrogens with zero attached hydrogens (tertiary/aromatic N) is 1. The van der Waals surface area contributed by atoms with E-state index in [0.29, 0.717) is 27.1 Å². The minimum absolute atomic E-state index is 0.00920. The molecule has 2 heterocycles. The van der Waals surface area contributed by atoms with E-state index in [1.165, 1.54) is 17.8 Å². The van der Waals surface area contributed by atoms with E-state index in [9.17, 15) is 9.59 Å². The third kappa shape index (κ3) is 6.11. The fourth-order valence-corrected chi connectivity index (χ4v) is 4.55. The average Bonchev–Trinajstić information content (AvgIpc) is 3.18. The number of carbonyl (C=O) groups is 2. The van der Waals surface area contributed by atoms with Crippen LogP contribution in [0.2, 0.25) is 4.34 Å². The molecule has 27 heavy (non-hydrogen) atoms. The van der Waals surface area contributed by atoms with Crippen LogP contribution in [0.4, 0.5) is 4.79 Å². The third-order valence-corrected chi connectivity index (χ3v) is 6.48. The second kappa shape index (κ2) is 8.39. The van der Waals surface area contributed by atoms with E-state index in [4.69, 9.17) is 16.3 Å². The molecule has 0 aromatic carbocycles. The molecule has 1 aliphatic heterocycles. The van der Waals surface area contributed by atoms with Crippen molar-refractivity contribution < 1.29 is 14.3 Å². The summed E-state index contributed by atoms with van der Waals surface area (Å²) in [6.07, 6.45) is 5.27. The third-order valence-electron chi connectivity index (χ3n) is 5.25. The Kier molecular flexibility index (Phi) is 6.36. The van der Waals surface area contributed by atoms with E-state index < -0.39 is 5.60 Å². The Morgan fingerprint density at radius 2 is 1.96 bits per heavy atom. The lowest BCUT2D eigenvalue weighted by molar-refractivity contribution is 0.0180. The highest BCUT2D eigenvalue weighted by molar-refractivity contribution is 7.18. The molecule has 5 nitrogen and oxygen atoms in total. The highest BCUT2D eigenvalue weighted by Gasteiger charge is 2.38. The maximum atomic E-state index is 12.2. The molecule has 1 aromatic heterocycles. The Balaban J connectivity index is 1.32. The summed E-state index contributed by atoms with van der Waals surface area (Å²) in [6.45, 7) is 7.26. The number of halogens is 1. The van der Waals surface area contributed by atoms with Gasteiger partial charge < -0.3 is 15.0 Å². The molecular weight excluding hydrogens is 384 g/mol. The number of carbonyl (C=O) groups excluding carboxylic acids is 2. The maximum Gasteiger partial charge on any atom is 0.410 e. The van der Waals surface area contributed by atoms with Crippen molar-refractivity contribution in [2.75, 3.05) is 13.1 Å². The van der Waals surface area contributed by atoms with Gasteiger partial charge in [-0.15, -0.1) is 11.3 Å². The van der Waals surface area contributed by atoms with Gasteiger partial charge in [-0.2, -0.15) is 0 Å². The van der Waals surface area contributed by atoms with Gasteiger partial charge in [-0.3, -0.25) is 4.79 Å². The summed E-state index contributed by atoms with van der Waals surface area (Å²) in [6, 6.07) is 3.84. The summed E-state index contributed by atoms with van der Waals surface area (Å²) in [4.78, 5) is 26.8. The molecule has 3 rings (SSSR count). The number of ether oxygens (including phenoxy) is 1. The Bertz CT molecular complexity index is 677. The van der Waals surface area contributed by atoms with Crippen LogP contribution in [0.15, 0.2) is 12.1 Å². The van der Waals surface area contributed by atoms with Crippen LogP contribution in [0.1, 0.15) is 62.5 Å². The molecule has 1 saturated carbocycles. The number of nitrogens with one attached hydrogen (secondary N) is 1. The van der Waals surface area contributed by atoms with Crippen molar-refractivity contribution in [2.45, 2.75) is 64.5 Å². The lowest BCUT2D eigenvalue weighted by Gasteiger charge is -2.33. The lowest BCUT2D eigenvalue weighted by Crippen LogP contribution is -2.41. The second-order valence-electron chi connectivity index (χ2n) is 8.67. The van der Waals surface area contributed by atoms with Gasteiger partial charge in [0.1, 0.15) is 5.60 Å². The molecule has 2 unspecified atom stereocenters. The van der Waals surface area contributed by atoms with E-state index in [2.05, 4.69) is 5.32 Å². The fraction of sp³-hybridized carbons (Fsp3) is 0.700. The molecule has 1 aliphatic carbocycles. The second-order valence-corrected chi connectivity index (χ2v) is 10.4. The smallest absolute Gasteiger partial charge is 0.410 e. The quantitative estimate of drug-likeness (QED) is 0.744. The first kappa shape index (κ1) is 20.5. The molecule has 1 aromatic rings. The standard InChI is InChI=1S/C20H29ClN2O3S/c1-20(2,3)26-19(25)23-10-8-13(9-11-23)4-5-14-12-15(14)22-18(24)16-6-7-17(21)27-16/h6-7,13-15H,4-5,8-12H2,1-3H3,(H,22,24). The average molecular weight is 413 g/mol. The number of amides is 2. The normalized spacial score (nSPS) is 23.2. The van der Waals surface area contributed by atoms with Gasteiger partial charge in [-0.25, -0.2) is 4.79 Å². The predicted molar refractivity (Wildman–Crippen MR) is 108 cm³/mol. The zero-order chi connectivity index (χ0) is 19.6.